The Kier molecular flexibility index (Phi) is 2.08. The average Bonchev–Trinajstić information content (AvgIpc) is 2.45. The predicted octanol–water partition coefficient (Wildman–Crippen LogP) is 2.37. The summed E-state index contributed by atoms with van der Waals surface area (Å²) in [5, 5.41) is 0. The van der Waals surface area contributed by atoms with Crippen LogP contribution in [-0.2, 0) is 6.54 Å². The molecule has 0 saturated heterocycles. The molecule has 2 nitrogen and oxygen atoms in total. The van der Waals surface area contributed by atoms with Gasteiger partial charge >= 0.3 is 0 Å². The molecule has 0 amide bonds. The minimum atomic E-state index is 0.531. The van der Waals surface area contributed by atoms with Crippen LogP contribution >= 0.6 is 0 Å². The normalized spacial score (nSPS) is 22.3. The van der Waals surface area contributed by atoms with Crippen molar-refractivity contribution in [2.45, 2.75) is 39.4 Å². The van der Waals surface area contributed by atoms with Gasteiger partial charge < -0.3 is 0 Å². The Balaban J connectivity index is 2.32. The maximum atomic E-state index is 4.40. The number of nitrogens with zero attached hydrogens (tertiary/aromatic N) is 2. The van der Waals surface area contributed by atoms with E-state index in [9.17, 15) is 0 Å². The van der Waals surface area contributed by atoms with E-state index in [4.69, 9.17) is 0 Å². The molecule has 2 heteroatoms. The van der Waals surface area contributed by atoms with Crippen molar-refractivity contribution in [2.24, 2.45) is 0 Å². The van der Waals surface area contributed by atoms with Crippen LogP contribution in [0.25, 0.3) is 0 Å². The highest BCUT2D eigenvalue weighted by atomic mass is 15.2. The van der Waals surface area contributed by atoms with Crippen LogP contribution in [0.3, 0.4) is 0 Å². The molecule has 1 atom stereocenters. The lowest BCUT2D eigenvalue weighted by Crippen LogP contribution is -2.27. The molecule has 0 radical (unpaired) electrons. The van der Waals surface area contributed by atoms with Crippen LogP contribution in [0.15, 0.2) is 18.3 Å². The molecule has 70 valence electrons. The monoisotopic (exact) mass is 176 g/mol. The number of rotatable bonds is 1. The first-order valence-corrected chi connectivity index (χ1v) is 4.89. The highest BCUT2D eigenvalue weighted by Crippen LogP contribution is 2.32. The first-order chi connectivity index (χ1) is 6.20. The Bertz CT molecular complexity index is 307. The Morgan fingerprint density at radius 2 is 2.31 bits per heavy atom. The Hall–Kier alpha value is -0.890. The smallest absolute Gasteiger partial charge is 0.0591 e. The van der Waals surface area contributed by atoms with E-state index in [0.717, 1.165) is 6.54 Å². The zero-order valence-corrected chi connectivity index (χ0v) is 8.49. The number of pyridine rings is 1. The summed E-state index contributed by atoms with van der Waals surface area (Å²) in [5.74, 6) is 0. The molecular weight excluding hydrogens is 160 g/mol. The molecule has 0 fully saturated rings. The molecule has 0 aromatic carbocycles. The zero-order chi connectivity index (χ0) is 9.42. The van der Waals surface area contributed by atoms with E-state index in [-0.39, 0.29) is 0 Å². The van der Waals surface area contributed by atoms with Crippen molar-refractivity contribution >= 4 is 0 Å². The third-order valence-corrected chi connectivity index (χ3v) is 2.87. The quantitative estimate of drug-likeness (QED) is 0.653. The summed E-state index contributed by atoms with van der Waals surface area (Å²) in [5.41, 5.74) is 2.65. The molecule has 1 aromatic rings. The lowest BCUT2D eigenvalue weighted by molar-refractivity contribution is 0.179. The largest absolute Gasteiger partial charge is 0.288 e. The molecular formula is C11H16N2. The van der Waals surface area contributed by atoms with Gasteiger partial charge in [0, 0.05) is 24.8 Å². The molecule has 1 aliphatic heterocycles. The maximum absolute atomic E-state index is 4.40. The van der Waals surface area contributed by atoms with Gasteiger partial charge in [0.1, 0.15) is 0 Å². The van der Waals surface area contributed by atoms with Crippen LogP contribution in [0.4, 0.5) is 0 Å². The van der Waals surface area contributed by atoms with Gasteiger partial charge in [-0.25, -0.2) is 0 Å². The second-order valence-corrected chi connectivity index (χ2v) is 3.98. The molecule has 0 bridgehead atoms. The van der Waals surface area contributed by atoms with Crippen LogP contribution in [0, 0.1) is 0 Å². The number of aromatic nitrogens is 1. The number of hydrogen-bond acceptors (Lipinski definition) is 2. The van der Waals surface area contributed by atoms with Gasteiger partial charge in [-0.1, -0.05) is 6.07 Å². The van der Waals surface area contributed by atoms with E-state index in [1.165, 1.54) is 11.3 Å². The van der Waals surface area contributed by atoms with Gasteiger partial charge in [0.25, 0.3) is 0 Å². The maximum Gasteiger partial charge on any atom is 0.0591 e. The first-order valence-electron chi connectivity index (χ1n) is 4.89. The number of fused-ring (bicyclic) bond motifs is 1. The second-order valence-electron chi connectivity index (χ2n) is 3.98. The molecule has 1 aromatic heterocycles. The molecule has 0 aliphatic carbocycles. The van der Waals surface area contributed by atoms with Crippen LogP contribution in [0.2, 0.25) is 0 Å². The summed E-state index contributed by atoms with van der Waals surface area (Å²) >= 11 is 0. The summed E-state index contributed by atoms with van der Waals surface area (Å²) in [4.78, 5) is 6.87. The molecule has 0 saturated carbocycles. The standard InChI is InChI=1S/C11H16N2/c1-8(2)13-7-11-10(9(13)3)5-4-6-12-11/h4-6,8-9H,7H2,1-3H3. The fourth-order valence-electron chi connectivity index (χ4n) is 2.08. The predicted molar refractivity (Wildman–Crippen MR) is 53.3 cm³/mol. The first kappa shape index (κ1) is 8.70. The van der Waals surface area contributed by atoms with Crippen molar-refractivity contribution < 1.29 is 0 Å². The summed E-state index contributed by atoms with van der Waals surface area (Å²) in [7, 11) is 0. The molecule has 0 N–H and O–H groups in total. The van der Waals surface area contributed by atoms with E-state index in [1.54, 1.807) is 0 Å². The fourth-order valence-corrected chi connectivity index (χ4v) is 2.08. The van der Waals surface area contributed by atoms with Crippen molar-refractivity contribution in [3.8, 4) is 0 Å². The molecule has 2 heterocycles. The van der Waals surface area contributed by atoms with Gasteiger partial charge in [-0.2, -0.15) is 0 Å². The Labute approximate surface area is 79.6 Å². The highest BCUT2D eigenvalue weighted by Gasteiger charge is 2.28. The van der Waals surface area contributed by atoms with Gasteiger partial charge in [-0.3, -0.25) is 9.88 Å². The lowest BCUT2D eigenvalue weighted by atomic mass is 10.1. The van der Waals surface area contributed by atoms with E-state index in [0.29, 0.717) is 12.1 Å². The highest BCUT2D eigenvalue weighted by molar-refractivity contribution is 5.27. The third-order valence-electron chi connectivity index (χ3n) is 2.87. The fraction of sp³-hybridized carbons (Fsp3) is 0.545. The summed E-state index contributed by atoms with van der Waals surface area (Å²) in [6, 6.07) is 5.35. The van der Waals surface area contributed by atoms with Crippen LogP contribution in [0.5, 0.6) is 0 Å². The average molecular weight is 176 g/mol. The SMILES string of the molecule is CC(C)N1Cc2ncccc2C1C. The van der Waals surface area contributed by atoms with Gasteiger partial charge in [0.15, 0.2) is 0 Å². The second kappa shape index (κ2) is 3.11. The summed E-state index contributed by atoms with van der Waals surface area (Å²) < 4.78 is 0. The molecule has 0 spiro atoms. The zero-order valence-electron chi connectivity index (χ0n) is 8.49. The van der Waals surface area contributed by atoms with Crippen molar-refractivity contribution in [1.29, 1.82) is 0 Å². The molecule has 1 aliphatic rings. The van der Waals surface area contributed by atoms with Gasteiger partial charge in [0.05, 0.1) is 5.69 Å². The summed E-state index contributed by atoms with van der Waals surface area (Å²) in [6.07, 6.45) is 1.88. The van der Waals surface area contributed by atoms with Crippen LogP contribution < -0.4 is 0 Å². The summed E-state index contributed by atoms with van der Waals surface area (Å²) in [6.45, 7) is 7.74. The minimum Gasteiger partial charge on any atom is -0.288 e. The van der Waals surface area contributed by atoms with E-state index < -0.39 is 0 Å². The van der Waals surface area contributed by atoms with Crippen molar-refractivity contribution in [3.63, 3.8) is 0 Å². The van der Waals surface area contributed by atoms with Gasteiger partial charge in [0.2, 0.25) is 0 Å². The lowest BCUT2D eigenvalue weighted by Gasteiger charge is -2.25. The Morgan fingerprint density at radius 1 is 1.54 bits per heavy atom. The van der Waals surface area contributed by atoms with Crippen LogP contribution in [0.1, 0.15) is 38.1 Å². The van der Waals surface area contributed by atoms with Gasteiger partial charge in [-0.15, -0.1) is 0 Å². The third kappa shape index (κ3) is 1.35. The van der Waals surface area contributed by atoms with Crippen molar-refractivity contribution in [1.82, 2.24) is 9.88 Å². The van der Waals surface area contributed by atoms with E-state index >= 15 is 0 Å². The van der Waals surface area contributed by atoms with E-state index in [2.05, 4.69) is 36.7 Å². The van der Waals surface area contributed by atoms with E-state index in [1.807, 2.05) is 12.3 Å². The number of hydrogen-bond donors (Lipinski definition) is 0. The molecule has 13 heavy (non-hydrogen) atoms. The van der Waals surface area contributed by atoms with Crippen molar-refractivity contribution in [2.75, 3.05) is 0 Å². The van der Waals surface area contributed by atoms with Crippen LogP contribution in [-0.4, -0.2) is 15.9 Å². The minimum absolute atomic E-state index is 0.531. The van der Waals surface area contributed by atoms with Crippen molar-refractivity contribution in [3.05, 3.63) is 29.6 Å². The Morgan fingerprint density at radius 3 is 2.92 bits per heavy atom. The molecule has 2 rings (SSSR count). The topological polar surface area (TPSA) is 16.1 Å². The van der Waals surface area contributed by atoms with Gasteiger partial charge in [-0.05, 0) is 32.4 Å². The molecule has 1 unspecified atom stereocenters.